The maximum absolute atomic E-state index is 12.5. The van der Waals surface area contributed by atoms with Crippen molar-refractivity contribution in [1.29, 1.82) is 0 Å². The van der Waals surface area contributed by atoms with Gasteiger partial charge in [-0.25, -0.2) is 0 Å². The minimum atomic E-state index is -0.939. The fraction of sp³-hybridized carbons (Fsp3) is 0.350. The molecule has 0 bridgehead atoms. The predicted molar refractivity (Wildman–Crippen MR) is 95.0 cm³/mol. The second kappa shape index (κ2) is 7.97. The van der Waals surface area contributed by atoms with Crippen LogP contribution < -0.4 is 10.1 Å². The topological polar surface area (TPSA) is 58.6 Å². The third-order valence-corrected chi connectivity index (χ3v) is 4.25. The molecule has 0 fully saturated rings. The van der Waals surface area contributed by atoms with Crippen molar-refractivity contribution in [3.05, 3.63) is 65.7 Å². The first-order valence-electron chi connectivity index (χ1n) is 8.16. The zero-order chi connectivity index (χ0) is 17.6. The summed E-state index contributed by atoms with van der Waals surface area (Å²) >= 11 is 0. The minimum Gasteiger partial charge on any atom is -0.489 e. The maximum Gasteiger partial charge on any atom is 0.251 e. The number of aliphatic hydroxyl groups is 1. The Morgan fingerprint density at radius 3 is 2.42 bits per heavy atom. The zero-order valence-corrected chi connectivity index (χ0v) is 14.5. The fourth-order valence-electron chi connectivity index (χ4n) is 2.10. The summed E-state index contributed by atoms with van der Waals surface area (Å²) in [5.74, 6) is 0.605. The van der Waals surface area contributed by atoms with E-state index >= 15 is 0 Å². The van der Waals surface area contributed by atoms with Crippen LogP contribution >= 0.6 is 0 Å². The Kier molecular flexibility index (Phi) is 5.99. The molecular weight excluding hydrogens is 302 g/mol. The van der Waals surface area contributed by atoms with Gasteiger partial charge in [0.1, 0.15) is 12.4 Å². The molecule has 2 aromatic rings. The van der Waals surface area contributed by atoms with Gasteiger partial charge in [0, 0.05) is 17.7 Å². The van der Waals surface area contributed by atoms with Crippen molar-refractivity contribution >= 4 is 5.91 Å². The lowest BCUT2D eigenvalue weighted by Gasteiger charge is -2.28. The first-order chi connectivity index (χ1) is 11.4. The number of benzene rings is 2. The number of ether oxygens (including phenoxy) is 1. The number of amides is 1. The van der Waals surface area contributed by atoms with Crippen LogP contribution in [0.5, 0.6) is 5.75 Å². The van der Waals surface area contributed by atoms with E-state index in [0.717, 1.165) is 11.3 Å². The van der Waals surface area contributed by atoms with Gasteiger partial charge in [0.15, 0.2) is 0 Å². The molecule has 1 unspecified atom stereocenters. The summed E-state index contributed by atoms with van der Waals surface area (Å²) in [6, 6.07) is 16.8. The number of para-hydroxylation sites is 1. The Balaban J connectivity index is 2.03. The summed E-state index contributed by atoms with van der Waals surface area (Å²) in [5.41, 5.74) is 0.432. The van der Waals surface area contributed by atoms with Gasteiger partial charge < -0.3 is 15.2 Å². The Morgan fingerprint density at radius 1 is 1.12 bits per heavy atom. The van der Waals surface area contributed by atoms with Crippen molar-refractivity contribution < 1.29 is 14.6 Å². The molecule has 0 aliphatic heterocycles. The lowest BCUT2D eigenvalue weighted by molar-refractivity contribution is 0.0142. The Labute approximate surface area is 143 Å². The monoisotopic (exact) mass is 327 g/mol. The minimum absolute atomic E-state index is 0.0504. The standard InChI is InChI=1S/C20H25NO3/c1-15(2)20(3,23)14-21-19(22)18-12-8-7-9-16(18)13-24-17-10-5-4-6-11-17/h4-12,15,23H,13-14H2,1-3H3,(H,21,22). The quantitative estimate of drug-likeness (QED) is 0.819. The van der Waals surface area contributed by atoms with E-state index in [1.165, 1.54) is 0 Å². The number of hydrogen-bond donors (Lipinski definition) is 2. The van der Waals surface area contributed by atoms with E-state index in [0.29, 0.717) is 12.2 Å². The highest BCUT2D eigenvalue weighted by atomic mass is 16.5. The molecule has 0 spiro atoms. The van der Waals surface area contributed by atoms with Crippen LogP contribution in [0, 0.1) is 5.92 Å². The molecular formula is C20H25NO3. The van der Waals surface area contributed by atoms with Crippen molar-refractivity contribution in [2.75, 3.05) is 6.54 Å². The van der Waals surface area contributed by atoms with Gasteiger partial charge >= 0.3 is 0 Å². The normalized spacial score (nSPS) is 13.4. The summed E-state index contributed by atoms with van der Waals surface area (Å²) in [6.07, 6.45) is 0. The van der Waals surface area contributed by atoms with E-state index < -0.39 is 5.60 Å². The molecule has 0 heterocycles. The molecule has 128 valence electrons. The van der Waals surface area contributed by atoms with Crippen molar-refractivity contribution in [2.24, 2.45) is 5.92 Å². The molecule has 2 rings (SSSR count). The Morgan fingerprint density at radius 2 is 1.75 bits per heavy atom. The van der Waals surface area contributed by atoms with Crippen LogP contribution in [0.4, 0.5) is 0 Å². The summed E-state index contributed by atoms with van der Waals surface area (Å²) in [7, 11) is 0. The molecule has 4 heteroatoms. The van der Waals surface area contributed by atoms with Crippen molar-refractivity contribution in [2.45, 2.75) is 33.0 Å². The average Bonchev–Trinajstić information content (AvgIpc) is 2.59. The van der Waals surface area contributed by atoms with E-state index in [-0.39, 0.29) is 18.4 Å². The lowest BCUT2D eigenvalue weighted by atomic mass is 9.92. The third-order valence-electron chi connectivity index (χ3n) is 4.25. The van der Waals surface area contributed by atoms with Gasteiger partial charge in [0.2, 0.25) is 0 Å². The van der Waals surface area contributed by atoms with Crippen LogP contribution in [0.25, 0.3) is 0 Å². The number of rotatable bonds is 7. The molecule has 1 atom stereocenters. The van der Waals surface area contributed by atoms with Crippen LogP contribution in [0.3, 0.4) is 0 Å². The highest BCUT2D eigenvalue weighted by Gasteiger charge is 2.25. The molecule has 0 saturated carbocycles. The second-order valence-corrected chi connectivity index (χ2v) is 6.45. The smallest absolute Gasteiger partial charge is 0.251 e. The molecule has 0 saturated heterocycles. The molecule has 0 aromatic heterocycles. The molecule has 0 aliphatic rings. The zero-order valence-electron chi connectivity index (χ0n) is 14.5. The van der Waals surface area contributed by atoms with Crippen molar-refractivity contribution in [1.82, 2.24) is 5.32 Å². The van der Waals surface area contributed by atoms with E-state index in [1.807, 2.05) is 62.4 Å². The van der Waals surface area contributed by atoms with Crippen LogP contribution in [0.1, 0.15) is 36.7 Å². The third kappa shape index (κ3) is 4.83. The van der Waals surface area contributed by atoms with Gasteiger partial charge in [-0.2, -0.15) is 0 Å². The van der Waals surface area contributed by atoms with Crippen LogP contribution in [0.15, 0.2) is 54.6 Å². The second-order valence-electron chi connectivity index (χ2n) is 6.45. The number of carbonyl (C=O) groups is 1. The van der Waals surface area contributed by atoms with Crippen LogP contribution in [-0.2, 0) is 6.61 Å². The molecule has 2 N–H and O–H groups in total. The summed E-state index contributed by atoms with van der Waals surface area (Å²) in [4.78, 5) is 12.5. The van der Waals surface area contributed by atoms with Gasteiger partial charge in [-0.3, -0.25) is 4.79 Å². The number of carbonyl (C=O) groups excluding carboxylic acids is 1. The largest absolute Gasteiger partial charge is 0.489 e. The number of hydrogen-bond acceptors (Lipinski definition) is 3. The highest BCUT2D eigenvalue weighted by molar-refractivity contribution is 5.95. The first kappa shape index (κ1) is 18.0. The fourth-order valence-corrected chi connectivity index (χ4v) is 2.10. The Hall–Kier alpha value is -2.33. The van der Waals surface area contributed by atoms with E-state index in [9.17, 15) is 9.90 Å². The van der Waals surface area contributed by atoms with Crippen molar-refractivity contribution in [3.8, 4) is 5.75 Å². The maximum atomic E-state index is 12.5. The summed E-state index contributed by atoms with van der Waals surface area (Å²) in [6.45, 7) is 6.09. The molecule has 0 aliphatic carbocycles. The predicted octanol–water partition coefficient (Wildman–Crippen LogP) is 3.40. The number of nitrogens with one attached hydrogen (secondary N) is 1. The van der Waals surface area contributed by atoms with Gasteiger partial charge in [-0.1, -0.05) is 50.2 Å². The molecule has 1 amide bonds. The van der Waals surface area contributed by atoms with E-state index in [4.69, 9.17) is 4.74 Å². The van der Waals surface area contributed by atoms with Gasteiger partial charge in [-0.05, 0) is 31.0 Å². The van der Waals surface area contributed by atoms with Gasteiger partial charge in [-0.15, -0.1) is 0 Å². The van der Waals surface area contributed by atoms with Gasteiger partial charge in [0.05, 0.1) is 5.60 Å². The highest BCUT2D eigenvalue weighted by Crippen LogP contribution is 2.17. The van der Waals surface area contributed by atoms with E-state index in [1.54, 1.807) is 13.0 Å². The molecule has 4 nitrogen and oxygen atoms in total. The summed E-state index contributed by atoms with van der Waals surface area (Å²) in [5, 5.41) is 13.1. The summed E-state index contributed by atoms with van der Waals surface area (Å²) < 4.78 is 5.74. The van der Waals surface area contributed by atoms with Gasteiger partial charge in [0.25, 0.3) is 5.91 Å². The first-order valence-corrected chi connectivity index (χ1v) is 8.16. The molecule has 2 aromatic carbocycles. The lowest BCUT2D eigenvalue weighted by Crippen LogP contribution is -2.44. The van der Waals surface area contributed by atoms with Crippen molar-refractivity contribution in [3.63, 3.8) is 0 Å². The van der Waals surface area contributed by atoms with Crippen LogP contribution in [-0.4, -0.2) is 23.2 Å². The Bertz CT molecular complexity index is 666. The van der Waals surface area contributed by atoms with Crippen LogP contribution in [0.2, 0.25) is 0 Å². The molecule has 0 radical (unpaired) electrons. The molecule has 24 heavy (non-hydrogen) atoms. The average molecular weight is 327 g/mol. The van der Waals surface area contributed by atoms with E-state index in [2.05, 4.69) is 5.32 Å². The SMILES string of the molecule is CC(C)C(C)(O)CNC(=O)c1ccccc1COc1ccccc1.